The van der Waals surface area contributed by atoms with Crippen LogP contribution < -0.4 is 10.2 Å². The number of fused-ring (bicyclic) bond motifs is 1. The Balaban J connectivity index is 1.57. The molecular formula is C22H25N3O3S. The number of benzene rings is 2. The highest BCUT2D eigenvalue weighted by Crippen LogP contribution is 2.34. The Kier molecular flexibility index (Phi) is 6.93. The normalized spacial score (nSPS) is 13.0. The summed E-state index contributed by atoms with van der Waals surface area (Å²) in [4.78, 5) is 41.5. The Bertz CT molecular complexity index is 894. The second-order valence-electron chi connectivity index (χ2n) is 6.65. The van der Waals surface area contributed by atoms with Crippen molar-refractivity contribution in [3.63, 3.8) is 0 Å². The number of carbonyl (C=O) groups excluding carboxylic acids is 3. The van der Waals surface area contributed by atoms with Gasteiger partial charge in [-0.15, -0.1) is 11.8 Å². The Hall–Kier alpha value is -2.80. The van der Waals surface area contributed by atoms with Crippen molar-refractivity contribution in [2.45, 2.75) is 25.2 Å². The van der Waals surface area contributed by atoms with Crippen LogP contribution in [-0.4, -0.2) is 48.0 Å². The third-order valence-corrected chi connectivity index (χ3v) is 5.88. The summed E-state index contributed by atoms with van der Waals surface area (Å²) in [5, 5.41) is 2.84. The van der Waals surface area contributed by atoms with E-state index >= 15 is 0 Å². The van der Waals surface area contributed by atoms with Crippen molar-refractivity contribution in [3.05, 3.63) is 54.1 Å². The molecule has 3 amide bonds. The first-order valence-electron chi connectivity index (χ1n) is 9.74. The minimum atomic E-state index is -0.170. The van der Waals surface area contributed by atoms with E-state index < -0.39 is 0 Å². The fourth-order valence-electron chi connectivity index (χ4n) is 3.23. The number of hydrogen-bond donors (Lipinski definition) is 1. The van der Waals surface area contributed by atoms with Gasteiger partial charge in [0.2, 0.25) is 11.8 Å². The third-order valence-electron chi connectivity index (χ3n) is 4.84. The van der Waals surface area contributed by atoms with Crippen LogP contribution in [0.1, 0.15) is 30.6 Å². The summed E-state index contributed by atoms with van der Waals surface area (Å²) in [6, 6.07) is 14.6. The summed E-state index contributed by atoms with van der Waals surface area (Å²) >= 11 is 1.52. The van der Waals surface area contributed by atoms with Crippen molar-refractivity contribution < 1.29 is 14.4 Å². The first kappa shape index (κ1) is 20.9. The fourth-order valence-corrected chi connectivity index (χ4v) is 4.16. The summed E-state index contributed by atoms with van der Waals surface area (Å²) in [6.07, 6.45) is 0.199. The minimum absolute atomic E-state index is 0.0146. The lowest BCUT2D eigenvalue weighted by Crippen LogP contribution is -2.37. The van der Waals surface area contributed by atoms with E-state index in [0.717, 1.165) is 10.6 Å². The summed E-state index contributed by atoms with van der Waals surface area (Å²) in [5.41, 5.74) is 2.09. The smallest absolute Gasteiger partial charge is 0.253 e. The number of nitrogens with one attached hydrogen (secondary N) is 1. The molecule has 2 aromatic carbocycles. The molecule has 0 saturated carbocycles. The Morgan fingerprint density at radius 1 is 1.07 bits per heavy atom. The molecule has 0 fully saturated rings. The Morgan fingerprint density at radius 2 is 1.76 bits per heavy atom. The molecule has 1 heterocycles. The van der Waals surface area contributed by atoms with E-state index in [0.29, 0.717) is 36.6 Å². The van der Waals surface area contributed by atoms with Gasteiger partial charge in [0.05, 0.1) is 11.4 Å². The number of rotatable bonds is 7. The molecule has 0 unspecified atom stereocenters. The van der Waals surface area contributed by atoms with Crippen LogP contribution in [0.15, 0.2) is 53.4 Å². The molecule has 2 aromatic rings. The first-order valence-corrected chi connectivity index (χ1v) is 10.7. The molecule has 3 rings (SSSR count). The van der Waals surface area contributed by atoms with Crippen LogP contribution in [-0.2, 0) is 9.59 Å². The maximum absolute atomic E-state index is 12.4. The summed E-state index contributed by atoms with van der Waals surface area (Å²) in [5.74, 6) is 0.214. The molecule has 7 heteroatoms. The largest absolute Gasteiger partial charge is 0.339 e. The number of para-hydroxylation sites is 1. The van der Waals surface area contributed by atoms with Gasteiger partial charge >= 0.3 is 0 Å². The van der Waals surface area contributed by atoms with Gasteiger partial charge < -0.3 is 15.1 Å². The second-order valence-corrected chi connectivity index (χ2v) is 7.67. The molecule has 0 saturated heterocycles. The van der Waals surface area contributed by atoms with Crippen LogP contribution in [0.4, 0.5) is 11.4 Å². The topological polar surface area (TPSA) is 69.7 Å². The number of amides is 3. The van der Waals surface area contributed by atoms with Gasteiger partial charge in [-0.1, -0.05) is 12.1 Å². The van der Waals surface area contributed by atoms with Crippen molar-refractivity contribution in [2.75, 3.05) is 35.6 Å². The van der Waals surface area contributed by atoms with Crippen molar-refractivity contribution in [2.24, 2.45) is 0 Å². The fraction of sp³-hybridized carbons (Fsp3) is 0.318. The zero-order chi connectivity index (χ0) is 20.8. The lowest BCUT2D eigenvalue weighted by molar-refractivity contribution is -0.117. The zero-order valence-corrected chi connectivity index (χ0v) is 17.5. The van der Waals surface area contributed by atoms with Gasteiger partial charge in [-0.05, 0) is 50.2 Å². The summed E-state index contributed by atoms with van der Waals surface area (Å²) in [6.45, 7) is 5.54. The molecule has 0 aromatic heterocycles. The Morgan fingerprint density at radius 3 is 2.45 bits per heavy atom. The van der Waals surface area contributed by atoms with Crippen LogP contribution in [0, 0.1) is 0 Å². The average molecular weight is 412 g/mol. The second kappa shape index (κ2) is 9.60. The van der Waals surface area contributed by atoms with E-state index in [9.17, 15) is 14.4 Å². The van der Waals surface area contributed by atoms with Gasteiger partial charge in [0.25, 0.3) is 5.91 Å². The predicted molar refractivity (Wildman–Crippen MR) is 116 cm³/mol. The lowest BCUT2D eigenvalue weighted by Gasteiger charge is -2.28. The van der Waals surface area contributed by atoms with Crippen LogP contribution in [0.3, 0.4) is 0 Å². The van der Waals surface area contributed by atoms with Gasteiger partial charge in [-0.25, -0.2) is 0 Å². The molecule has 6 nitrogen and oxygen atoms in total. The Labute approximate surface area is 175 Å². The highest BCUT2D eigenvalue weighted by molar-refractivity contribution is 8.00. The van der Waals surface area contributed by atoms with Crippen LogP contribution in [0.25, 0.3) is 0 Å². The lowest BCUT2D eigenvalue weighted by atomic mass is 10.1. The number of nitrogens with zero attached hydrogens (tertiary/aromatic N) is 2. The quantitative estimate of drug-likeness (QED) is 0.755. The SMILES string of the molecule is CCN(CC)C(=O)c1ccc(NC(=O)CCN2C(=O)CSc3ccccc32)cc1. The maximum Gasteiger partial charge on any atom is 0.253 e. The zero-order valence-electron chi connectivity index (χ0n) is 16.7. The minimum Gasteiger partial charge on any atom is -0.339 e. The highest BCUT2D eigenvalue weighted by atomic mass is 32.2. The van der Waals surface area contributed by atoms with Gasteiger partial charge in [-0.3, -0.25) is 14.4 Å². The van der Waals surface area contributed by atoms with E-state index in [2.05, 4.69) is 5.32 Å². The van der Waals surface area contributed by atoms with Crippen LogP contribution in [0.5, 0.6) is 0 Å². The molecule has 0 radical (unpaired) electrons. The van der Waals surface area contributed by atoms with Crippen LogP contribution >= 0.6 is 11.8 Å². The molecular weight excluding hydrogens is 386 g/mol. The predicted octanol–water partition coefficient (Wildman–Crippen LogP) is 3.64. The molecule has 0 bridgehead atoms. The molecule has 29 heavy (non-hydrogen) atoms. The summed E-state index contributed by atoms with van der Waals surface area (Å²) in [7, 11) is 0. The van der Waals surface area contributed by atoms with Gasteiger partial charge in [0.1, 0.15) is 0 Å². The average Bonchev–Trinajstić information content (AvgIpc) is 2.74. The molecule has 0 aliphatic carbocycles. The van der Waals surface area contributed by atoms with E-state index in [4.69, 9.17) is 0 Å². The maximum atomic E-state index is 12.4. The standard InChI is InChI=1S/C22H25N3O3S/c1-3-24(4-2)22(28)16-9-11-17(12-10-16)23-20(26)13-14-25-18-7-5-6-8-19(18)29-15-21(25)27/h5-12H,3-4,13-15H2,1-2H3,(H,23,26). The number of thioether (sulfide) groups is 1. The molecule has 1 N–H and O–H groups in total. The van der Waals surface area contributed by atoms with Crippen LogP contribution in [0.2, 0.25) is 0 Å². The molecule has 152 valence electrons. The highest BCUT2D eigenvalue weighted by Gasteiger charge is 2.24. The molecule has 1 aliphatic rings. The third kappa shape index (κ3) is 4.98. The summed E-state index contributed by atoms with van der Waals surface area (Å²) < 4.78 is 0. The molecule has 1 aliphatic heterocycles. The van der Waals surface area contributed by atoms with Crippen molar-refractivity contribution >= 4 is 40.9 Å². The number of hydrogen-bond acceptors (Lipinski definition) is 4. The van der Waals surface area contributed by atoms with Gasteiger partial charge in [-0.2, -0.15) is 0 Å². The van der Waals surface area contributed by atoms with Crippen molar-refractivity contribution in [3.8, 4) is 0 Å². The van der Waals surface area contributed by atoms with E-state index in [1.54, 1.807) is 34.1 Å². The number of anilines is 2. The van der Waals surface area contributed by atoms with E-state index in [1.807, 2.05) is 38.1 Å². The van der Waals surface area contributed by atoms with E-state index in [-0.39, 0.29) is 24.1 Å². The monoisotopic (exact) mass is 411 g/mol. The molecule has 0 atom stereocenters. The van der Waals surface area contributed by atoms with Gasteiger partial charge in [0, 0.05) is 42.2 Å². The van der Waals surface area contributed by atoms with E-state index in [1.165, 1.54) is 11.8 Å². The van der Waals surface area contributed by atoms with Crippen molar-refractivity contribution in [1.82, 2.24) is 4.90 Å². The van der Waals surface area contributed by atoms with Gasteiger partial charge in [0.15, 0.2) is 0 Å². The first-order chi connectivity index (χ1) is 14.0. The van der Waals surface area contributed by atoms with Crippen molar-refractivity contribution in [1.29, 1.82) is 0 Å². The molecule has 0 spiro atoms. The number of carbonyl (C=O) groups is 3.